The van der Waals surface area contributed by atoms with E-state index in [2.05, 4.69) is 26.1 Å². The largest absolute Gasteiger partial charge is 0.484 e. The summed E-state index contributed by atoms with van der Waals surface area (Å²) in [5, 5.41) is 2.91. The molecule has 0 aliphatic carbocycles. The van der Waals surface area contributed by atoms with Gasteiger partial charge in [0.1, 0.15) is 11.6 Å². The van der Waals surface area contributed by atoms with Crippen LogP contribution in [0.4, 0.5) is 4.39 Å². The topological polar surface area (TPSA) is 38.3 Å². The van der Waals surface area contributed by atoms with Crippen LogP contribution >= 0.6 is 0 Å². The zero-order valence-corrected chi connectivity index (χ0v) is 19.3. The highest BCUT2D eigenvalue weighted by atomic mass is 19.1. The zero-order chi connectivity index (χ0) is 22.5. The number of hydrogen-bond acceptors (Lipinski definition) is 2. The van der Waals surface area contributed by atoms with Gasteiger partial charge in [-0.2, -0.15) is 0 Å². The highest BCUT2D eigenvalue weighted by Crippen LogP contribution is 2.29. The number of allylic oxidation sites excluding steroid dienone is 1. The number of ether oxygens (including phenoxy) is 1. The molecule has 0 heterocycles. The fourth-order valence-electron chi connectivity index (χ4n) is 3.49. The van der Waals surface area contributed by atoms with Crippen molar-refractivity contribution in [2.24, 2.45) is 0 Å². The van der Waals surface area contributed by atoms with Crippen LogP contribution in [0.15, 0.2) is 42.0 Å². The molecule has 1 N–H and O–H groups in total. The molecule has 0 aliphatic heterocycles. The van der Waals surface area contributed by atoms with Gasteiger partial charge in [0.25, 0.3) is 5.91 Å². The van der Waals surface area contributed by atoms with Crippen molar-refractivity contribution in [2.75, 3.05) is 13.2 Å². The Bertz CT molecular complexity index is 917. The van der Waals surface area contributed by atoms with E-state index in [1.54, 1.807) is 13.0 Å². The summed E-state index contributed by atoms with van der Waals surface area (Å²) in [6, 6.07) is 11.1. The lowest BCUT2D eigenvalue weighted by atomic mass is 9.87. The van der Waals surface area contributed by atoms with E-state index >= 15 is 0 Å². The summed E-state index contributed by atoms with van der Waals surface area (Å²) in [7, 11) is 0. The van der Waals surface area contributed by atoms with Crippen LogP contribution in [-0.4, -0.2) is 19.1 Å². The van der Waals surface area contributed by atoms with Crippen LogP contribution in [0, 0.1) is 19.7 Å². The van der Waals surface area contributed by atoms with Crippen LogP contribution in [0.25, 0.3) is 5.57 Å². The van der Waals surface area contributed by atoms with E-state index in [0.717, 1.165) is 22.3 Å². The maximum atomic E-state index is 14.1. The molecule has 2 aromatic carbocycles. The van der Waals surface area contributed by atoms with Gasteiger partial charge >= 0.3 is 0 Å². The van der Waals surface area contributed by atoms with Crippen molar-refractivity contribution >= 4 is 11.5 Å². The summed E-state index contributed by atoms with van der Waals surface area (Å²) < 4.78 is 19.7. The number of aryl methyl sites for hydroxylation is 1. The fourth-order valence-corrected chi connectivity index (χ4v) is 3.49. The van der Waals surface area contributed by atoms with Gasteiger partial charge in [-0.25, -0.2) is 4.39 Å². The second-order valence-electron chi connectivity index (χ2n) is 9.01. The van der Waals surface area contributed by atoms with Gasteiger partial charge in [-0.05, 0) is 85.6 Å². The minimum Gasteiger partial charge on any atom is -0.484 e. The number of amides is 1. The quantitative estimate of drug-likeness (QED) is 0.596. The van der Waals surface area contributed by atoms with Crippen molar-refractivity contribution in [1.82, 2.24) is 5.32 Å². The van der Waals surface area contributed by atoms with Gasteiger partial charge in [0, 0.05) is 6.54 Å². The van der Waals surface area contributed by atoms with Gasteiger partial charge in [-0.3, -0.25) is 4.79 Å². The molecule has 0 aromatic heterocycles. The van der Waals surface area contributed by atoms with Crippen molar-refractivity contribution in [3.8, 4) is 5.75 Å². The molecule has 0 spiro atoms. The normalized spacial score (nSPS) is 11.2. The van der Waals surface area contributed by atoms with Gasteiger partial charge in [-0.1, -0.05) is 44.5 Å². The Morgan fingerprint density at radius 1 is 1.03 bits per heavy atom. The van der Waals surface area contributed by atoms with E-state index in [1.807, 2.05) is 45.0 Å². The van der Waals surface area contributed by atoms with Crippen LogP contribution in [-0.2, 0) is 10.2 Å². The minimum absolute atomic E-state index is 0.0307. The number of carbonyl (C=O) groups excluding carboxylic acids is 1. The number of rotatable bonds is 7. The Hall–Kier alpha value is -2.62. The zero-order valence-electron chi connectivity index (χ0n) is 19.3. The Morgan fingerprint density at radius 3 is 2.23 bits per heavy atom. The first-order valence-electron chi connectivity index (χ1n) is 10.4. The van der Waals surface area contributed by atoms with Gasteiger partial charge in [0.2, 0.25) is 0 Å². The number of benzene rings is 2. The lowest BCUT2D eigenvalue weighted by Crippen LogP contribution is -2.30. The van der Waals surface area contributed by atoms with Crippen LogP contribution in [0.3, 0.4) is 0 Å². The Labute approximate surface area is 180 Å². The number of hydrogen-bond donors (Lipinski definition) is 1. The maximum absolute atomic E-state index is 14.1. The van der Waals surface area contributed by atoms with Crippen LogP contribution in [0.2, 0.25) is 0 Å². The molecule has 2 rings (SSSR count). The lowest BCUT2D eigenvalue weighted by molar-refractivity contribution is -0.123. The molecule has 0 radical (unpaired) electrons. The standard InChI is InChI=1S/C26H34FNO2/c1-17(2)22(25-18(3)8-13-23(27)19(25)4)14-15-28-24(29)16-30-21-11-9-20(10-12-21)26(5,6)7/h8-13H,14-16H2,1-7H3,(H,28,29). The Morgan fingerprint density at radius 2 is 1.67 bits per heavy atom. The molecule has 30 heavy (non-hydrogen) atoms. The van der Waals surface area contributed by atoms with Crippen molar-refractivity contribution in [2.45, 2.75) is 60.3 Å². The van der Waals surface area contributed by atoms with Gasteiger partial charge < -0.3 is 10.1 Å². The van der Waals surface area contributed by atoms with Gasteiger partial charge in [0.15, 0.2) is 6.61 Å². The average molecular weight is 412 g/mol. The van der Waals surface area contributed by atoms with E-state index in [4.69, 9.17) is 4.74 Å². The van der Waals surface area contributed by atoms with Crippen molar-refractivity contribution < 1.29 is 13.9 Å². The summed E-state index contributed by atoms with van der Waals surface area (Å²) >= 11 is 0. The second-order valence-corrected chi connectivity index (χ2v) is 9.01. The van der Waals surface area contributed by atoms with Crippen molar-refractivity contribution in [1.29, 1.82) is 0 Å². The molecular formula is C26H34FNO2. The summed E-state index contributed by atoms with van der Waals surface area (Å²) in [5.74, 6) is 0.300. The molecular weight excluding hydrogens is 377 g/mol. The average Bonchev–Trinajstić information content (AvgIpc) is 2.67. The second kappa shape index (κ2) is 9.92. The summed E-state index contributed by atoms with van der Waals surface area (Å²) in [6.07, 6.45) is 0.638. The molecule has 0 unspecified atom stereocenters. The number of carbonyl (C=O) groups is 1. The molecule has 1 amide bonds. The van der Waals surface area contributed by atoms with E-state index in [9.17, 15) is 9.18 Å². The molecule has 0 saturated heterocycles. The SMILES string of the molecule is CC(C)=C(CCNC(=O)COc1ccc(C(C)(C)C)cc1)c1c(C)ccc(F)c1C. The van der Waals surface area contributed by atoms with Crippen molar-refractivity contribution in [3.63, 3.8) is 0 Å². The van der Waals surface area contributed by atoms with Crippen LogP contribution < -0.4 is 10.1 Å². The highest BCUT2D eigenvalue weighted by molar-refractivity contribution is 5.78. The molecule has 162 valence electrons. The molecule has 0 aliphatic rings. The minimum atomic E-state index is -0.204. The lowest BCUT2D eigenvalue weighted by Gasteiger charge is -2.19. The number of halogens is 1. The highest BCUT2D eigenvalue weighted by Gasteiger charge is 2.15. The number of nitrogens with one attached hydrogen (secondary N) is 1. The van der Waals surface area contributed by atoms with Crippen molar-refractivity contribution in [3.05, 3.63) is 70.0 Å². The first-order chi connectivity index (χ1) is 14.0. The van der Waals surface area contributed by atoms with E-state index in [0.29, 0.717) is 24.3 Å². The smallest absolute Gasteiger partial charge is 0.257 e. The maximum Gasteiger partial charge on any atom is 0.257 e. The predicted molar refractivity (Wildman–Crippen MR) is 122 cm³/mol. The third kappa shape index (κ3) is 6.19. The molecule has 0 bridgehead atoms. The molecule has 2 aromatic rings. The summed E-state index contributed by atoms with van der Waals surface area (Å²) in [5.41, 5.74) is 6.13. The van der Waals surface area contributed by atoms with E-state index in [1.165, 1.54) is 11.6 Å². The molecule has 0 saturated carbocycles. The Kier molecular flexibility index (Phi) is 7.83. The first-order valence-corrected chi connectivity index (χ1v) is 10.4. The molecule has 0 atom stereocenters. The van der Waals surface area contributed by atoms with E-state index < -0.39 is 0 Å². The molecule has 3 nitrogen and oxygen atoms in total. The monoisotopic (exact) mass is 411 g/mol. The molecule has 4 heteroatoms. The van der Waals surface area contributed by atoms with Crippen LogP contribution in [0.5, 0.6) is 5.75 Å². The summed E-state index contributed by atoms with van der Waals surface area (Å²) in [6.45, 7) is 14.7. The fraction of sp³-hybridized carbons (Fsp3) is 0.423. The van der Waals surface area contributed by atoms with E-state index in [-0.39, 0.29) is 23.7 Å². The summed E-state index contributed by atoms with van der Waals surface area (Å²) in [4.78, 5) is 12.2. The molecule has 0 fully saturated rings. The van der Waals surface area contributed by atoms with Crippen LogP contribution in [0.1, 0.15) is 63.3 Å². The van der Waals surface area contributed by atoms with Gasteiger partial charge in [-0.15, -0.1) is 0 Å². The first kappa shape index (κ1) is 23.7. The predicted octanol–water partition coefficient (Wildman–Crippen LogP) is 6.12. The van der Waals surface area contributed by atoms with Gasteiger partial charge in [0.05, 0.1) is 0 Å². The third-order valence-electron chi connectivity index (χ3n) is 5.30. The Balaban J connectivity index is 1.92. The third-order valence-corrected chi connectivity index (χ3v) is 5.30.